The number of ether oxygens (including phenoxy) is 1. The maximum absolute atomic E-state index is 10.9. The van der Waals surface area contributed by atoms with Gasteiger partial charge in [-0.15, -0.1) is 5.10 Å². The number of carbonyl (C=O) groups excluding carboxylic acids is 1. The van der Waals surface area contributed by atoms with Crippen molar-refractivity contribution in [2.75, 3.05) is 6.61 Å². The van der Waals surface area contributed by atoms with Gasteiger partial charge in [0.15, 0.2) is 5.69 Å². The number of nitrogens with one attached hydrogen (secondary N) is 1. The van der Waals surface area contributed by atoms with E-state index in [2.05, 4.69) is 15.0 Å². The molecule has 0 aliphatic rings. The second kappa shape index (κ2) is 3.61. The number of H-pyrrole nitrogens is 1. The molecule has 1 N–H and O–H groups in total. The van der Waals surface area contributed by atoms with Crippen LogP contribution in [0.15, 0.2) is 10.9 Å². The summed E-state index contributed by atoms with van der Waals surface area (Å²) in [5, 5.41) is 8.62. The highest BCUT2D eigenvalue weighted by atomic mass is 16.5. The van der Waals surface area contributed by atoms with Crippen LogP contribution in [0.4, 0.5) is 0 Å². The van der Waals surface area contributed by atoms with Gasteiger partial charge in [0.1, 0.15) is 0 Å². The van der Waals surface area contributed by atoms with Crippen LogP contribution in [0, 0.1) is 0 Å². The first-order chi connectivity index (χ1) is 5.74. The molecule has 12 heavy (non-hydrogen) atoms. The van der Waals surface area contributed by atoms with Crippen LogP contribution in [0.2, 0.25) is 0 Å². The van der Waals surface area contributed by atoms with Gasteiger partial charge in [0, 0.05) is 6.07 Å². The van der Waals surface area contributed by atoms with Crippen molar-refractivity contribution in [1.82, 2.24) is 15.4 Å². The average Bonchev–Trinajstić information content (AvgIpc) is 2.05. The molecule has 0 spiro atoms. The van der Waals surface area contributed by atoms with Crippen molar-refractivity contribution in [3.05, 3.63) is 22.1 Å². The lowest BCUT2D eigenvalue weighted by Gasteiger charge is -1.97. The van der Waals surface area contributed by atoms with Crippen molar-refractivity contribution in [2.45, 2.75) is 6.92 Å². The number of esters is 1. The van der Waals surface area contributed by atoms with Gasteiger partial charge in [-0.2, -0.15) is 0 Å². The van der Waals surface area contributed by atoms with Gasteiger partial charge in [-0.3, -0.25) is 4.79 Å². The molecular weight excluding hydrogens is 162 g/mol. The standard InChI is InChI=1S/C6H7N3O3/c1-2-12-6(11)4-3-5(10)8-9-7-4/h3H,2H2,1H3,(H,7,8,10). The number of carbonyl (C=O) groups is 1. The zero-order chi connectivity index (χ0) is 8.97. The summed E-state index contributed by atoms with van der Waals surface area (Å²) in [6.45, 7) is 1.91. The lowest BCUT2D eigenvalue weighted by atomic mass is 10.4. The van der Waals surface area contributed by atoms with Crippen LogP contribution in [0.5, 0.6) is 0 Å². The third-order valence-corrected chi connectivity index (χ3v) is 1.07. The van der Waals surface area contributed by atoms with Gasteiger partial charge in [-0.1, -0.05) is 5.21 Å². The summed E-state index contributed by atoms with van der Waals surface area (Å²) < 4.78 is 4.59. The molecule has 0 aromatic carbocycles. The van der Waals surface area contributed by atoms with E-state index in [1.807, 2.05) is 5.10 Å². The van der Waals surface area contributed by atoms with Crippen LogP contribution in [-0.4, -0.2) is 28.0 Å². The normalized spacial score (nSPS) is 9.42. The lowest BCUT2D eigenvalue weighted by molar-refractivity contribution is 0.0517. The second-order valence-electron chi connectivity index (χ2n) is 1.93. The quantitative estimate of drug-likeness (QED) is 0.594. The topological polar surface area (TPSA) is 84.9 Å². The summed E-state index contributed by atoms with van der Waals surface area (Å²) in [5.74, 6) is -0.642. The highest BCUT2D eigenvalue weighted by molar-refractivity contribution is 5.86. The van der Waals surface area contributed by atoms with Crippen LogP contribution < -0.4 is 5.56 Å². The van der Waals surface area contributed by atoms with Crippen molar-refractivity contribution in [3.8, 4) is 0 Å². The van der Waals surface area contributed by atoms with E-state index in [1.54, 1.807) is 6.92 Å². The molecule has 0 saturated heterocycles. The fourth-order valence-electron chi connectivity index (χ4n) is 0.618. The van der Waals surface area contributed by atoms with Crippen molar-refractivity contribution in [2.24, 2.45) is 0 Å². The monoisotopic (exact) mass is 169 g/mol. The van der Waals surface area contributed by atoms with E-state index in [-0.39, 0.29) is 12.3 Å². The van der Waals surface area contributed by atoms with Gasteiger partial charge >= 0.3 is 5.97 Å². The van der Waals surface area contributed by atoms with Crippen LogP contribution in [0.1, 0.15) is 17.4 Å². The Balaban J connectivity index is 2.88. The molecule has 1 aromatic rings. The summed E-state index contributed by atoms with van der Waals surface area (Å²) >= 11 is 0. The zero-order valence-electron chi connectivity index (χ0n) is 6.40. The second-order valence-corrected chi connectivity index (χ2v) is 1.93. The summed E-state index contributed by atoms with van der Waals surface area (Å²) in [5.41, 5.74) is -0.561. The van der Waals surface area contributed by atoms with E-state index in [0.29, 0.717) is 0 Å². The number of hydrogen-bond acceptors (Lipinski definition) is 5. The third-order valence-electron chi connectivity index (χ3n) is 1.07. The molecule has 1 aromatic heterocycles. The predicted octanol–water partition coefficient (Wildman–Crippen LogP) is -0.658. The van der Waals surface area contributed by atoms with E-state index < -0.39 is 11.5 Å². The van der Waals surface area contributed by atoms with Crippen LogP contribution in [0.25, 0.3) is 0 Å². The van der Waals surface area contributed by atoms with Crippen molar-refractivity contribution < 1.29 is 9.53 Å². The number of aromatic nitrogens is 3. The van der Waals surface area contributed by atoms with Gasteiger partial charge in [0.2, 0.25) is 0 Å². The molecule has 0 amide bonds. The lowest BCUT2D eigenvalue weighted by Crippen LogP contribution is -2.15. The SMILES string of the molecule is CCOC(=O)c1cc(=O)[nH]nn1. The van der Waals surface area contributed by atoms with E-state index in [4.69, 9.17) is 0 Å². The Morgan fingerprint density at radius 3 is 3.08 bits per heavy atom. The van der Waals surface area contributed by atoms with Crippen molar-refractivity contribution in [1.29, 1.82) is 0 Å². The Labute approximate surface area is 67.6 Å². The Morgan fingerprint density at radius 2 is 2.50 bits per heavy atom. The van der Waals surface area contributed by atoms with E-state index in [0.717, 1.165) is 6.07 Å². The maximum Gasteiger partial charge on any atom is 0.359 e. The first-order valence-electron chi connectivity index (χ1n) is 3.33. The maximum atomic E-state index is 10.9. The molecule has 0 fully saturated rings. The summed E-state index contributed by atoms with van der Waals surface area (Å²) in [6.07, 6.45) is 0. The highest BCUT2D eigenvalue weighted by Crippen LogP contribution is 1.90. The van der Waals surface area contributed by atoms with E-state index in [9.17, 15) is 9.59 Å². The molecule has 6 heteroatoms. The molecule has 0 aliphatic heterocycles. The number of aromatic amines is 1. The molecule has 0 aliphatic carbocycles. The minimum atomic E-state index is -0.642. The Morgan fingerprint density at radius 1 is 1.75 bits per heavy atom. The van der Waals surface area contributed by atoms with E-state index >= 15 is 0 Å². The Bertz CT molecular complexity index is 333. The molecule has 1 heterocycles. The van der Waals surface area contributed by atoms with Crippen molar-refractivity contribution in [3.63, 3.8) is 0 Å². The molecule has 0 bridgehead atoms. The molecule has 0 saturated carbocycles. The average molecular weight is 169 g/mol. The molecule has 0 atom stereocenters. The first kappa shape index (κ1) is 8.38. The highest BCUT2D eigenvalue weighted by Gasteiger charge is 2.08. The van der Waals surface area contributed by atoms with Crippen LogP contribution >= 0.6 is 0 Å². The zero-order valence-corrected chi connectivity index (χ0v) is 6.40. The minimum Gasteiger partial charge on any atom is -0.461 e. The molecule has 1 rings (SSSR count). The molecule has 64 valence electrons. The molecule has 0 unspecified atom stereocenters. The smallest absolute Gasteiger partial charge is 0.359 e. The summed E-state index contributed by atoms with van der Waals surface area (Å²) in [7, 11) is 0. The number of hydrogen-bond donors (Lipinski definition) is 1. The Kier molecular flexibility index (Phi) is 2.52. The minimum absolute atomic E-state index is 0.0828. The summed E-state index contributed by atoms with van der Waals surface area (Å²) in [6, 6.07) is 1.03. The molecular formula is C6H7N3O3. The van der Waals surface area contributed by atoms with Gasteiger partial charge in [-0.25, -0.2) is 9.89 Å². The van der Waals surface area contributed by atoms with Crippen LogP contribution in [0.3, 0.4) is 0 Å². The summed E-state index contributed by atoms with van der Waals surface area (Å²) in [4.78, 5) is 21.6. The third kappa shape index (κ3) is 1.88. The van der Waals surface area contributed by atoms with Gasteiger partial charge in [0.25, 0.3) is 5.56 Å². The number of rotatable bonds is 2. The van der Waals surface area contributed by atoms with E-state index in [1.165, 1.54) is 0 Å². The predicted molar refractivity (Wildman–Crippen MR) is 38.6 cm³/mol. The molecule has 0 radical (unpaired) electrons. The molecule has 6 nitrogen and oxygen atoms in total. The number of nitrogens with zero attached hydrogens (tertiary/aromatic N) is 2. The fourth-order valence-corrected chi connectivity index (χ4v) is 0.618. The van der Waals surface area contributed by atoms with Gasteiger partial charge in [0.05, 0.1) is 6.61 Å². The van der Waals surface area contributed by atoms with Crippen molar-refractivity contribution >= 4 is 5.97 Å². The fraction of sp³-hybridized carbons (Fsp3) is 0.333. The largest absolute Gasteiger partial charge is 0.461 e. The Hall–Kier alpha value is -1.72. The van der Waals surface area contributed by atoms with Gasteiger partial charge in [-0.05, 0) is 6.92 Å². The first-order valence-corrected chi connectivity index (χ1v) is 3.33. The van der Waals surface area contributed by atoms with Crippen LogP contribution in [-0.2, 0) is 4.74 Å². The van der Waals surface area contributed by atoms with Gasteiger partial charge < -0.3 is 4.74 Å².